The molecule has 1 aromatic carbocycles. The topological polar surface area (TPSA) is 90.0 Å². The van der Waals surface area contributed by atoms with Crippen molar-refractivity contribution in [3.05, 3.63) is 18.2 Å². The number of benzene rings is 1. The zero-order chi connectivity index (χ0) is 22.8. The molecule has 1 fully saturated rings. The molecular formula is C22H34N4O4S. The molecule has 2 amide bonds. The summed E-state index contributed by atoms with van der Waals surface area (Å²) in [5.41, 5.74) is 1.31. The van der Waals surface area contributed by atoms with Gasteiger partial charge >= 0.3 is 0 Å². The molecule has 172 valence electrons. The number of nitrogens with zero attached hydrogens (tertiary/aromatic N) is 3. The summed E-state index contributed by atoms with van der Waals surface area (Å²) < 4.78 is 27.6. The van der Waals surface area contributed by atoms with Crippen LogP contribution in [0.3, 0.4) is 0 Å². The van der Waals surface area contributed by atoms with Crippen LogP contribution in [0.2, 0.25) is 0 Å². The normalized spacial score (nSPS) is 19.8. The van der Waals surface area contributed by atoms with Gasteiger partial charge in [-0.3, -0.25) is 14.5 Å². The molecule has 0 bridgehead atoms. The third-order valence-corrected chi connectivity index (χ3v) is 8.31. The lowest BCUT2D eigenvalue weighted by Crippen LogP contribution is -2.57. The van der Waals surface area contributed by atoms with Gasteiger partial charge in [-0.1, -0.05) is 20.8 Å². The van der Waals surface area contributed by atoms with Gasteiger partial charge in [0.15, 0.2) is 0 Å². The van der Waals surface area contributed by atoms with Gasteiger partial charge in [-0.05, 0) is 50.8 Å². The van der Waals surface area contributed by atoms with E-state index in [9.17, 15) is 18.0 Å². The zero-order valence-electron chi connectivity index (χ0n) is 18.9. The van der Waals surface area contributed by atoms with Crippen molar-refractivity contribution in [2.45, 2.75) is 70.4 Å². The van der Waals surface area contributed by atoms with E-state index in [1.807, 2.05) is 13.8 Å². The maximum absolute atomic E-state index is 13.4. The Morgan fingerprint density at radius 2 is 1.90 bits per heavy atom. The van der Waals surface area contributed by atoms with Crippen LogP contribution >= 0.6 is 0 Å². The predicted molar refractivity (Wildman–Crippen MR) is 122 cm³/mol. The van der Waals surface area contributed by atoms with Crippen molar-refractivity contribution in [1.82, 2.24) is 9.62 Å². The number of piperidine rings is 1. The molecule has 2 aliphatic rings. The maximum atomic E-state index is 13.4. The Hall–Kier alpha value is -2.13. The minimum Gasteiger partial charge on any atom is -0.358 e. The van der Waals surface area contributed by atoms with Gasteiger partial charge in [0.2, 0.25) is 21.8 Å². The van der Waals surface area contributed by atoms with Gasteiger partial charge < -0.3 is 10.2 Å². The van der Waals surface area contributed by atoms with Gasteiger partial charge in [0.1, 0.15) is 12.6 Å². The van der Waals surface area contributed by atoms with E-state index in [1.54, 1.807) is 32.0 Å². The quantitative estimate of drug-likeness (QED) is 0.657. The lowest BCUT2D eigenvalue weighted by atomic mass is 9.96. The van der Waals surface area contributed by atoms with E-state index in [0.717, 1.165) is 37.9 Å². The smallest absolute Gasteiger partial charge is 0.250 e. The number of amides is 2. The first-order valence-corrected chi connectivity index (χ1v) is 12.7. The number of hydrogen-bond donors (Lipinski definition) is 1. The molecular weight excluding hydrogens is 416 g/mol. The van der Waals surface area contributed by atoms with Crippen LogP contribution < -0.4 is 15.1 Å². The number of rotatable bonds is 8. The number of fused-ring (bicyclic) bond motifs is 3. The molecule has 2 heterocycles. The summed E-state index contributed by atoms with van der Waals surface area (Å²) >= 11 is 0. The summed E-state index contributed by atoms with van der Waals surface area (Å²) in [7, 11) is -3.68. The summed E-state index contributed by atoms with van der Waals surface area (Å²) in [6.45, 7) is 8.86. The molecule has 0 unspecified atom stereocenters. The molecule has 8 nitrogen and oxygen atoms in total. The largest absolute Gasteiger partial charge is 0.358 e. The molecule has 0 aliphatic carbocycles. The van der Waals surface area contributed by atoms with Crippen LogP contribution in [0.15, 0.2) is 23.1 Å². The summed E-state index contributed by atoms with van der Waals surface area (Å²) in [4.78, 5) is 29.7. The average molecular weight is 451 g/mol. The molecule has 3 rings (SSSR count). The lowest BCUT2D eigenvalue weighted by Gasteiger charge is -2.45. The molecule has 2 aliphatic heterocycles. The third kappa shape index (κ3) is 4.57. The highest BCUT2D eigenvalue weighted by Crippen LogP contribution is 2.40. The molecule has 0 saturated carbocycles. The molecule has 31 heavy (non-hydrogen) atoms. The molecule has 0 radical (unpaired) electrons. The highest BCUT2D eigenvalue weighted by molar-refractivity contribution is 7.89. The van der Waals surface area contributed by atoms with E-state index < -0.39 is 10.0 Å². The fourth-order valence-electron chi connectivity index (χ4n) is 4.34. The van der Waals surface area contributed by atoms with Crippen molar-refractivity contribution in [2.24, 2.45) is 0 Å². The zero-order valence-corrected chi connectivity index (χ0v) is 19.7. The van der Waals surface area contributed by atoms with Gasteiger partial charge in [-0.25, -0.2) is 8.42 Å². The number of nitrogens with one attached hydrogen (secondary N) is 1. The van der Waals surface area contributed by atoms with Crippen LogP contribution in [0.4, 0.5) is 11.4 Å². The minimum atomic E-state index is -3.68. The van der Waals surface area contributed by atoms with E-state index in [4.69, 9.17) is 0 Å². The Balaban J connectivity index is 2.04. The van der Waals surface area contributed by atoms with E-state index >= 15 is 0 Å². The Kier molecular flexibility index (Phi) is 7.26. The Morgan fingerprint density at radius 3 is 2.55 bits per heavy atom. The van der Waals surface area contributed by atoms with Crippen molar-refractivity contribution in [2.75, 3.05) is 36.0 Å². The Morgan fingerprint density at radius 1 is 1.19 bits per heavy atom. The fraction of sp³-hybridized carbons (Fsp3) is 0.636. The van der Waals surface area contributed by atoms with Crippen LogP contribution in [0.5, 0.6) is 0 Å². The summed E-state index contributed by atoms with van der Waals surface area (Å²) in [5.74, 6) is -0.376. The van der Waals surface area contributed by atoms with Gasteiger partial charge in [0, 0.05) is 25.7 Å². The number of hydrogen-bond acceptors (Lipinski definition) is 5. The van der Waals surface area contributed by atoms with Gasteiger partial charge in [0.05, 0.1) is 16.3 Å². The summed E-state index contributed by atoms with van der Waals surface area (Å²) in [5, 5.41) is 2.91. The first kappa shape index (κ1) is 23.5. The van der Waals surface area contributed by atoms with Crippen LogP contribution in [-0.2, 0) is 19.6 Å². The van der Waals surface area contributed by atoms with Crippen molar-refractivity contribution < 1.29 is 18.0 Å². The van der Waals surface area contributed by atoms with Gasteiger partial charge in [0.25, 0.3) is 0 Å². The molecule has 1 N–H and O–H groups in total. The number of sulfonamides is 1. The molecule has 1 aromatic rings. The number of carbonyl (C=O) groups excluding carboxylic acids is 2. The maximum Gasteiger partial charge on any atom is 0.250 e. The molecule has 2 atom stereocenters. The second-order valence-electron chi connectivity index (χ2n) is 8.25. The second-order valence-corrected chi connectivity index (χ2v) is 10.2. The highest BCUT2D eigenvalue weighted by Gasteiger charge is 2.40. The summed E-state index contributed by atoms with van der Waals surface area (Å²) in [6, 6.07) is 4.67. The van der Waals surface area contributed by atoms with Crippen molar-refractivity contribution in [3.8, 4) is 0 Å². The van der Waals surface area contributed by atoms with Gasteiger partial charge in [-0.2, -0.15) is 4.31 Å². The summed E-state index contributed by atoms with van der Waals surface area (Å²) in [6.07, 6.45) is 3.47. The lowest BCUT2D eigenvalue weighted by molar-refractivity contribution is -0.125. The average Bonchev–Trinajstić information content (AvgIpc) is 2.76. The van der Waals surface area contributed by atoms with Crippen LogP contribution in [0.1, 0.15) is 53.4 Å². The van der Waals surface area contributed by atoms with E-state index in [0.29, 0.717) is 18.8 Å². The Bertz CT molecular complexity index is 929. The molecule has 9 heteroatoms. The van der Waals surface area contributed by atoms with Crippen LogP contribution in [0.25, 0.3) is 0 Å². The fourth-order valence-corrected chi connectivity index (χ4v) is 5.82. The minimum absolute atomic E-state index is 0.00687. The van der Waals surface area contributed by atoms with E-state index in [-0.39, 0.29) is 35.3 Å². The predicted octanol–water partition coefficient (Wildman–Crippen LogP) is 2.34. The standard InChI is InChI=1S/C22H34N4O4S/c1-5-16(4)23-21(27)15-26-20-14-17(31(29,30)24(6-2)7-3)11-12-18(20)25-13-9-8-10-19(25)22(26)28/h11-12,14,16,19H,5-10,13,15H2,1-4H3,(H,23,27)/t16-,19+/m0/s1. The monoisotopic (exact) mass is 450 g/mol. The third-order valence-electron chi connectivity index (χ3n) is 6.27. The number of carbonyl (C=O) groups is 2. The first-order valence-electron chi connectivity index (χ1n) is 11.3. The molecule has 0 spiro atoms. The van der Waals surface area contributed by atoms with E-state index in [1.165, 1.54) is 9.21 Å². The first-order chi connectivity index (χ1) is 14.7. The van der Waals surface area contributed by atoms with E-state index in [2.05, 4.69) is 10.2 Å². The highest BCUT2D eigenvalue weighted by atomic mass is 32.2. The van der Waals surface area contributed by atoms with Crippen LogP contribution in [-0.4, -0.2) is 62.8 Å². The van der Waals surface area contributed by atoms with Crippen LogP contribution in [0, 0.1) is 0 Å². The van der Waals surface area contributed by atoms with Crippen molar-refractivity contribution in [1.29, 1.82) is 0 Å². The van der Waals surface area contributed by atoms with Crippen molar-refractivity contribution >= 4 is 33.2 Å². The molecule has 1 saturated heterocycles. The molecule has 0 aromatic heterocycles. The second kappa shape index (κ2) is 9.56. The Labute approximate surface area is 185 Å². The van der Waals surface area contributed by atoms with Gasteiger partial charge in [-0.15, -0.1) is 0 Å². The SMILES string of the molecule is CC[C@H](C)NC(=O)CN1C(=O)[C@H]2CCCCN2c2ccc(S(=O)(=O)N(CC)CC)cc21. The van der Waals surface area contributed by atoms with Crippen molar-refractivity contribution in [3.63, 3.8) is 0 Å². The number of anilines is 2.